The van der Waals surface area contributed by atoms with E-state index >= 15 is 0 Å². The lowest BCUT2D eigenvalue weighted by Crippen LogP contribution is -2.33. The quantitative estimate of drug-likeness (QED) is 0.447. The van der Waals surface area contributed by atoms with Gasteiger partial charge in [-0.05, 0) is 36.3 Å². The summed E-state index contributed by atoms with van der Waals surface area (Å²) in [6.07, 6.45) is 4.15. The lowest BCUT2D eigenvalue weighted by molar-refractivity contribution is -0.122. The summed E-state index contributed by atoms with van der Waals surface area (Å²) in [5.41, 5.74) is 4.18. The van der Waals surface area contributed by atoms with E-state index in [9.17, 15) is 14.4 Å². The number of hydrogen-bond acceptors (Lipinski definition) is 4. The number of carbonyl (C=O) groups is 3. The molecule has 1 aliphatic heterocycles. The summed E-state index contributed by atoms with van der Waals surface area (Å²) in [5, 5.41) is 0. The number of allylic oxidation sites excluding steroid dienone is 4. The van der Waals surface area contributed by atoms with Gasteiger partial charge in [-0.25, -0.2) is 9.69 Å². The van der Waals surface area contributed by atoms with Crippen LogP contribution in [0, 0.1) is 23.7 Å². The summed E-state index contributed by atoms with van der Waals surface area (Å²) in [6.45, 7) is 2.07. The molecular formula is C25H21NO4. The van der Waals surface area contributed by atoms with Crippen LogP contribution in [0.4, 0.5) is 5.69 Å². The van der Waals surface area contributed by atoms with Crippen molar-refractivity contribution in [2.24, 2.45) is 23.7 Å². The largest absolute Gasteiger partial charge is 0.465 e. The molecule has 150 valence electrons. The predicted molar refractivity (Wildman–Crippen MR) is 112 cm³/mol. The Morgan fingerprint density at radius 2 is 1.47 bits per heavy atom. The van der Waals surface area contributed by atoms with Gasteiger partial charge in [0.1, 0.15) is 0 Å². The third-order valence-electron chi connectivity index (χ3n) is 6.58. The highest BCUT2D eigenvalue weighted by Gasteiger charge is 2.62. The standard InChI is InChI=1S/C25H21NO4/c1-14(15-7-4-3-5-8-15)20-18-11-12-19(20)22-21(18)23(27)26(24(22)28)17-10-6-9-16(13-17)25(29)30-2/h3-13,18-19,21-22H,1-2H3/t18-,19-,21+,22+/m0/s1. The average molecular weight is 399 g/mol. The van der Waals surface area contributed by atoms with Crippen molar-refractivity contribution in [2.75, 3.05) is 12.0 Å². The van der Waals surface area contributed by atoms with Gasteiger partial charge < -0.3 is 4.74 Å². The number of benzene rings is 2. The molecule has 5 nitrogen and oxygen atoms in total. The molecule has 5 heteroatoms. The summed E-state index contributed by atoms with van der Waals surface area (Å²) in [7, 11) is 1.30. The number of nitrogens with zero attached hydrogens (tertiary/aromatic N) is 1. The molecule has 0 spiro atoms. The molecular weight excluding hydrogens is 378 g/mol. The van der Waals surface area contributed by atoms with Crippen molar-refractivity contribution in [1.29, 1.82) is 0 Å². The zero-order valence-corrected chi connectivity index (χ0v) is 16.7. The van der Waals surface area contributed by atoms with Crippen LogP contribution < -0.4 is 4.90 Å². The van der Waals surface area contributed by atoms with Gasteiger partial charge in [-0.3, -0.25) is 9.59 Å². The maximum atomic E-state index is 13.4. The first kappa shape index (κ1) is 18.6. The van der Waals surface area contributed by atoms with Crippen LogP contribution in [0.3, 0.4) is 0 Å². The van der Waals surface area contributed by atoms with Crippen LogP contribution in [0.15, 0.2) is 72.3 Å². The Kier molecular flexibility index (Phi) is 4.21. The van der Waals surface area contributed by atoms with E-state index in [1.165, 1.54) is 17.6 Å². The molecule has 1 saturated carbocycles. The van der Waals surface area contributed by atoms with E-state index < -0.39 is 5.97 Å². The topological polar surface area (TPSA) is 63.7 Å². The van der Waals surface area contributed by atoms with Crippen LogP contribution in [0.2, 0.25) is 0 Å². The Morgan fingerprint density at radius 3 is 2.07 bits per heavy atom. The van der Waals surface area contributed by atoms with Crippen LogP contribution in [-0.2, 0) is 14.3 Å². The van der Waals surface area contributed by atoms with Crippen molar-refractivity contribution in [2.45, 2.75) is 6.92 Å². The van der Waals surface area contributed by atoms with E-state index in [-0.39, 0.29) is 35.5 Å². The molecule has 5 rings (SSSR count). The molecule has 2 amide bonds. The fraction of sp³-hybridized carbons (Fsp3) is 0.240. The van der Waals surface area contributed by atoms with Gasteiger partial charge in [0.15, 0.2) is 0 Å². The zero-order chi connectivity index (χ0) is 21.0. The van der Waals surface area contributed by atoms with Crippen LogP contribution in [0.5, 0.6) is 0 Å². The zero-order valence-electron chi connectivity index (χ0n) is 16.7. The Morgan fingerprint density at radius 1 is 0.867 bits per heavy atom. The number of fused-ring (bicyclic) bond motifs is 5. The van der Waals surface area contributed by atoms with Gasteiger partial charge in [0.25, 0.3) is 0 Å². The minimum atomic E-state index is -0.499. The highest BCUT2D eigenvalue weighted by molar-refractivity contribution is 6.23. The Hall–Kier alpha value is -3.47. The van der Waals surface area contributed by atoms with E-state index in [1.54, 1.807) is 24.3 Å². The van der Waals surface area contributed by atoms with Crippen molar-refractivity contribution in [3.05, 3.63) is 83.4 Å². The van der Waals surface area contributed by atoms with Crippen LogP contribution in [0.1, 0.15) is 22.8 Å². The minimum absolute atomic E-state index is 0.0644. The number of carbonyl (C=O) groups excluding carboxylic acids is 3. The van der Waals surface area contributed by atoms with E-state index in [0.717, 1.165) is 11.1 Å². The number of methoxy groups -OCH3 is 1. The Balaban J connectivity index is 1.52. The average Bonchev–Trinajstić information content (AvgIpc) is 3.42. The first-order valence-electron chi connectivity index (χ1n) is 10.0. The van der Waals surface area contributed by atoms with E-state index in [4.69, 9.17) is 4.74 Å². The molecule has 0 unspecified atom stereocenters. The van der Waals surface area contributed by atoms with Gasteiger partial charge in [0.2, 0.25) is 11.8 Å². The number of rotatable bonds is 3. The molecule has 1 heterocycles. The summed E-state index contributed by atoms with van der Waals surface area (Å²) in [6, 6.07) is 16.6. The van der Waals surface area contributed by atoms with Gasteiger partial charge in [-0.15, -0.1) is 0 Å². The predicted octanol–water partition coefficient (Wildman–Crippen LogP) is 3.87. The molecule has 2 aromatic rings. The highest BCUT2D eigenvalue weighted by atomic mass is 16.5. The smallest absolute Gasteiger partial charge is 0.337 e. The molecule has 4 atom stereocenters. The van der Waals surface area contributed by atoms with Gasteiger partial charge in [-0.2, -0.15) is 0 Å². The summed E-state index contributed by atoms with van der Waals surface area (Å²) < 4.78 is 4.77. The van der Waals surface area contributed by atoms with Crippen LogP contribution in [0.25, 0.3) is 5.57 Å². The van der Waals surface area contributed by atoms with Gasteiger partial charge in [-0.1, -0.05) is 54.1 Å². The van der Waals surface area contributed by atoms with Gasteiger partial charge in [0.05, 0.1) is 30.2 Å². The first-order valence-corrected chi connectivity index (χ1v) is 10.0. The number of amides is 2. The Labute approximate surface area is 174 Å². The summed E-state index contributed by atoms with van der Waals surface area (Å²) in [5.74, 6) is -1.78. The van der Waals surface area contributed by atoms with Gasteiger partial charge in [0, 0.05) is 11.8 Å². The molecule has 0 radical (unpaired) electrons. The fourth-order valence-electron chi connectivity index (χ4n) is 5.26. The van der Waals surface area contributed by atoms with Crippen molar-refractivity contribution in [3.63, 3.8) is 0 Å². The second-order valence-electron chi connectivity index (χ2n) is 7.99. The van der Waals surface area contributed by atoms with Crippen molar-refractivity contribution >= 4 is 29.0 Å². The molecule has 3 aliphatic rings. The first-order chi connectivity index (χ1) is 14.5. The minimum Gasteiger partial charge on any atom is -0.465 e. The number of imide groups is 1. The fourth-order valence-corrected chi connectivity index (χ4v) is 5.26. The van der Waals surface area contributed by atoms with E-state index in [2.05, 4.69) is 31.2 Å². The monoisotopic (exact) mass is 399 g/mol. The molecule has 30 heavy (non-hydrogen) atoms. The number of hydrogen-bond donors (Lipinski definition) is 0. The summed E-state index contributed by atoms with van der Waals surface area (Å²) in [4.78, 5) is 39.9. The third-order valence-corrected chi connectivity index (χ3v) is 6.58. The van der Waals surface area contributed by atoms with Gasteiger partial charge >= 0.3 is 5.97 Å². The second kappa shape index (κ2) is 6.80. The molecule has 2 bridgehead atoms. The lowest BCUT2D eigenvalue weighted by atomic mass is 9.85. The molecule has 0 aromatic heterocycles. The van der Waals surface area contributed by atoms with Crippen molar-refractivity contribution in [3.8, 4) is 0 Å². The molecule has 2 fully saturated rings. The molecule has 2 aliphatic carbocycles. The highest BCUT2D eigenvalue weighted by Crippen LogP contribution is 2.58. The second-order valence-corrected chi connectivity index (χ2v) is 7.99. The van der Waals surface area contributed by atoms with Crippen LogP contribution >= 0.6 is 0 Å². The maximum absolute atomic E-state index is 13.4. The SMILES string of the molecule is COC(=O)c1cccc(N2C(=O)[C@H]3[C@H](C2=O)[C@H]2C=C[C@H]3C2=C(C)c2ccccc2)c1. The van der Waals surface area contributed by atoms with Crippen molar-refractivity contribution < 1.29 is 19.1 Å². The molecule has 1 saturated heterocycles. The third kappa shape index (κ3) is 2.51. The van der Waals surface area contributed by atoms with Crippen molar-refractivity contribution in [1.82, 2.24) is 0 Å². The number of ether oxygens (including phenoxy) is 1. The van der Waals surface area contributed by atoms with Crippen LogP contribution in [-0.4, -0.2) is 24.9 Å². The normalized spacial score (nSPS) is 26.3. The maximum Gasteiger partial charge on any atom is 0.337 e. The lowest BCUT2D eigenvalue weighted by Gasteiger charge is -2.20. The molecule has 0 N–H and O–H groups in total. The van der Waals surface area contributed by atoms with E-state index in [1.807, 2.05) is 18.2 Å². The Bertz CT molecular complexity index is 1100. The summed E-state index contributed by atoms with van der Waals surface area (Å²) >= 11 is 0. The number of esters is 1. The van der Waals surface area contributed by atoms with E-state index in [0.29, 0.717) is 11.3 Å². The molecule has 2 aromatic carbocycles. The number of anilines is 1.